The van der Waals surface area contributed by atoms with Crippen molar-refractivity contribution in [2.45, 2.75) is 11.4 Å². The molecule has 0 saturated carbocycles. The maximum atomic E-state index is 12.8. The molecule has 0 radical (unpaired) electrons. The van der Waals surface area contributed by atoms with Crippen LogP contribution < -0.4 is 9.62 Å². The van der Waals surface area contributed by atoms with Crippen molar-refractivity contribution < 1.29 is 8.42 Å². The molecule has 0 bridgehead atoms. The van der Waals surface area contributed by atoms with Crippen LogP contribution in [0.5, 0.6) is 0 Å². The van der Waals surface area contributed by atoms with Gasteiger partial charge in [0.1, 0.15) is 0 Å². The van der Waals surface area contributed by atoms with E-state index < -0.39 is 10.0 Å². The predicted molar refractivity (Wildman–Crippen MR) is 95.5 cm³/mol. The Labute approximate surface area is 141 Å². The zero-order valence-electron chi connectivity index (χ0n) is 13.9. The highest BCUT2D eigenvalue weighted by atomic mass is 32.2. The van der Waals surface area contributed by atoms with Crippen molar-refractivity contribution >= 4 is 26.5 Å². The lowest BCUT2D eigenvalue weighted by molar-refractivity contribution is 0.582. The Morgan fingerprint density at radius 3 is 2.50 bits per heavy atom. The molecule has 2 aromatic carbocycles. The van der Waals surface area contributed by atoms with Crippen LogP contribution in [0.3, 0.4) is 0 Å². The fraction of sp³-hybridized carbons (Fsp3) is 0.235. The molecule has 0 spiro atoms. The zero-order chi connectivity index (χ0) is 17.3. The van der Waals surface area contributed by atoms with Crippen LogP contribution in [0.1, 0.15) is 5.56 Å². The van der Waals surface area contributed by atoms with Gasteiger partial charge in [0.2, 0.25) is 10.0 Å². The number of hydrogen-bond donors (Lipinski definition) is 1. The molecule has 7 heteroatoms. The molecule has 0 fully saturated rings. The number of aryl methyl sites for hydroxylation is 1. The largest absolute Gasteiger partial charge is 0.377 e. The molecule has 0 amide bonds. The van der Waals surface area contributed by atoms with Gasteiger partial charge in [-0.1, -0.05) is 24.3 Å². The zero-order valence-corrected chi connectivity index (χ0v) is 14.7. The normalized spacial score (nSPS) is 11.8. The highest BCUT2D eigenvalue weighted by molar-refractivity contribution is 7.89. The number of benzene rings is 2. The summed E-state index contributed by atoms with van der Waals surface area (Å²) in [5.74, 6) is 0. The van der Waals surface area contributed by atoms with Gasteiger partial charge in [-0.3, -0.25) is 4.68 Å². The van der Waals surface area contributed by atoms with Crippen LogP contribution in [0.2, 0.25) is 0 Å². The van der Waals surface area contributed by atoms with Crippen molar-refractivity contribution in [3.63, 3.8) is 0 Å². The minimum absolute atomic E-state index is 0.208. The van der Waals surface area contributed by atoms with E-state index in [1.165, 1.54) is 0 Å². The highest BCUT2D eigenvalue weighted by Crippen LogP contribution is 2.30. The first-order valence-electron chi connectivity index (χ1n) is 7.55. The number of anilines is 1. The summed E-state index contributed by atoms with van der Waals surface area (Å²) in [5, 5.41) is 5.67. The van der Waals surface area contributed by atoms with Gasteiger partial charge in [0.05, 0.1) is 11.1 Å². The van der Waals surface area contributed by atoms with Crippen molar-refractivity contribution in [1.82, 2.24) is 14.5 Å². The predicted octanol–water partition coefficient (Wildman–Crippen LogP) is 2.12. The summed E-state index contributed by atoms with van der Waals surface area (Å²) in [6.45, 7) is 0.208. The third-order valence-electron chi connectivity index (χ3n) is 3.86. The number of hydrogen-bond acceptors (Lipinski definition) is 4. The van der Waals surface area contributed by atoms with E-state index in [0.29, 0.717) is 5.39 Å². The van der Waals surface area contributed by atoms with Gasteiger partial charge in [0, 0.05) is 55.9 Å². The van der Waals surface area contributed by atoms with E-state index in [9.17, 15) is 8.42 Å². The van der Waals surface area contributed by atoms with Crippen LogP contribution >= 0.6 is 0 Å². The Hall–Kier alpha value is -2.38. The van der Waals surface area contributed by atoms with Crippen LogP contribution in [-0.2, 0) is 23.6 Å². The average Bonchev–Trinajstić information content (AvgIpc) is 2.97. The third kappa shape index (κ3) is 3.13. The number of aromatic nitrogens is 2. The van der Waals surface area contributed by atoms with Crippen molar-refractivity contribution in [2.24, 2.45) is 7.05 Å². The molecule has 1 aromatic heterocycles. The second-order valence-electron chi connectivity index (χ2n) is 5.87. The van der Waals surface area contributed by atoms with Gasteiger partial charge in [-0.25, -0.2) is 13.1 Å². The molecule has 6 nitrogen and oxygen atoms in total. The van der Waals surface area contributed by atoms with E-state index in [1.807, 2.05) is 43.3 Å². The lowest BCUT2D eigenvalue weighted by Crippen LogP contribution is -2.23. The summed E-state index contributed by atoms with van der Waals surface area (Å²) < 4.78 is 29.8. The molecule has 126 valence electrons. The molecule has 1 heterocycles. The van der Waals surface area contributed by atoms with Crippen molar-refractivity contribution in [3.8, 4) is 0 Å². The molecule has 0 unspecified atom stereocenters. The number of nitrogens with zero attached hydrogens (tertiary/aromatic N) is 3. The summed E-state index contributed by atoms with van der Waals surface area (Å²) in [5.41, 5.74) is 1.80. The summed E-state index contributed by atoms with van der Waals surface area (Å²) in [6.07, 6.45) is 3.44. The van der Waals surface area contributed by atoms with Crippen LogP contribution in [0.4, 0.5) is 5.69 Å². The van der Waals surface area contributed by atoms with Gasteiger partial charge >= 0.3 is 0 Å². The van der Waals surface area contributed by atoms with Crippen LogP contribution in [-0.4, -0.2) is 32.3 Å². The first-order chi connectivity index (χ1) is 11.4. The van der Waals surface area contributed by atoms with Crippen molar-refractivity contribution in [2.75, 3.05) is 19.0 Å². The molecular weight excluding hydrogens is 324 g/mol. The molecule has 1 N–H and O–H groups in total. The third-order valence-corrected chi connectivity index (χ3v) is 5.31. The number of rotatable bonds is 5. The molecule has 24 heavy (non-hydrogen) atoms. The minimum atomic E-state index is -3.62. The second-order valence-corrected chi connectivity index (χ2v) is 7.61. The quantitative estimate of drug-likeness (QED) is 0.770. The molecule has 3 aromatic rings. The first-order valence-corrected chi connectivity index (χ1v) is 9.03. The number of nitrogens with one attached hydrogen (secondary N) is 1. The fourth-order valence-electron chi connectivity index (χ4n) is 2.71. The fourth-order valence-corrected chi connectivity index (χ4v) is 3.95. The van der Waals surface area contributed by atoms with E-state index >= 15 is 0 Å². The molecule has 0 aliphatic rings. The molecule has 3 rings (SSSR count). The summed E-state index contributed by atoms with van der Waals surface area (Å²) in [6, 6.07) is 11.0. The van der Waals surface area contributed by atoms with Crippen molar-refractivity contribution in [1.29, 1.82) is 0 Å². The Morgan fingerprint density at radius 2 is 1.83 bits per heavy atom. The summed E-state index contributed by atoms with van der Waals surface area (Å²) in [4.78, 5) is 2.26. The summed E-state index contributed by atoms with van der Waals surface area (Å²) in [7, 11) is 2.06. The van der Waals surface area contributed by atoms with E-state index in [-0.39, 0.29) is 11.4 Å². The van der Waals surface area contributed by atoms with E-state index in [0.717, 1.165) is 16.6 Å². The van der Waals surface area contributed by atoms with Gasteiger partial charge in [0.15, 0.2) is 0 Å². The average molecular weight is 344 g/mol. The maximum absolute atomic E-state index is 12.8. The SMILES string of the molecule is CN(C)c1cccc2c(S(=O)(=O)NCc3cnn(C)c3)cccc12. The molecular formula is C17H20N4O2S. The van der Waals surface area contributed by atoms with Gasteiger partial charge in [0.25, 0.3) is 0 Å². The Kier molecular flexibility index (Phi) is 4.29. The van der Waals surface area contributed by atoms with Gasteiger partial charge in [-0.2, -0.15) is 5.10 Å². The summed E-state index contributed by atoms with van der Waals surface area (Å²) >= 11 is 0. The molecule has 0 saturated heterocycles. The second kappa shape index (κ2) is 6.26. The van der Waals surface area contributed by atoms with E-state index in [4.69, 9.17) is 0 Å². The lowest BCUT2D eigenvalue weighted by Gasteiger charge is -2.17. The highest BCUT2D eigenvalue weighted by Gasteiger charge is 2.18. The first kappa shape index (κ1) is 16.5. The van der Waals surface area contributed by atoms with Crippen LogP contribution in [0.15, 0.2) is 53.7 Å². The maximum Gasteiger partial charge on any atom is 0.241 e. The monoisotopic (exact) mass is 344 g/mol. The number of fused-ring (bicyclic) bond motifs is 1. The van der Waals surface area contributed by atoms with Gasteiger partial charge < -0.3 is 4.90 Å². The number of sulfonamides is 1. The minimum Gasteiger partial charge on any atom is -0.377 e. The van der Waals surface area contributed by atoms with E-state index in [2.05, 4.69) is 9.82 Å². The lowest BCUT2D eigenvalue weighted by atomic mass is 10.1. The van der Waals surface area contributed by atoms with Crippen LogP contribution in [0, 0.1) is 0 Å². The standard InChI is InChI=1S/C17H20N4O2S/c1-20(2)16-8-4-7-15-14(16)6-5-9-17(15)24(22,23)19-11-13-10-18-21(3)12-13/h4-10,12,19H,11H2,1-3H3. The topological polar surface area (TPSA) is 67.2 Å². The van der Waals surface area contributed by atoms with Crippen molar-refractivity contribution in [3.05, 3.63) is 54.4 Å². The van der Waals surface area contributed by atoms with Gasteiger partial charge in [-0.05, 0) is 12.1 Å². The molecule has 0 atom stereocenters. The molecule has 0 aliphatic carbocycles. The van der Waals surface area contributed by atoms with E-state index in [1.54, 1.807) is 36.3 Å². The molecule has 0 aliphatic heterocycles. The van der Waals surface area contributed by atoms with Gasteiger partial charge in [-0.15, -0.1) is 0 Å². The Balaban J connectivity index is 2.00. The van der Waals surface area contributed by atoms with Crippen LogP contribution in [0.25, 0.3) is 10.8 Å². The Morgan fingerprint density at radius 1 is 1.12 bits per heavy atom. The smallest absolute Gasteiger partial charge is 0.241 e. The Bertz CT molecular complexity index is 977.